The molecule has 1 nitrogen and oxygen atoms in total. The number of fused-ring (bicyclic) bond motifs is 3. The molecule has 0 spiro atoms. The highest BCUT2D eigenvalue weighted by Gasteiger charge is 2.17. The minimum atomic E-state index is 0.487. The molecule has 0 aliphatic rings. The van der Waals surface area contributed by atoms with Gasteiger partial charge in [0.15, 0.2) is 0 Å². The summed E-state index contributed by atoms with van der Waals surface area (Å²) in [4.78, 5) is 4.73. The summed E-state index contributed by atoms with van der Waals surface area (Å²) in [5.41, 5.74) is 9.24. The summed E-state index contributed by atoms with van der Waals surface area (Å²) < 4.78 is 2.68. The second kappa shape index (κ2) is 9.82. The van der Waals surface area contributed by atoms with Crippen molar-refractivity contribution in [1.29, 1.82) is 0 Å². The maximum atomic E-state index is 4.73. The van der Waals surface area contributed by atoms with Crippen LogP contribution in [-0.2, 0) is 0 Å². The Labute approximate surface area is 220 Å². The first-order valence-electron chi connectivity index (χ1n) is 13.3. The van der Waals surface area contributed by atoms with Gasteiger partial charge in [-0.25, -0.2) is 0 Å². The summed E-state index contributed by atoms with van der Waals surface area (Å²) >= 11 is 1.89. The van der Waals surface area contributed by atoms with Gasteiger partial charge in [0.2, 0.25) is 0 Å². The van der Waals surface area contributed by atoms with E-state index in [9.17, 15) is 0 Å². The fraction of sp³-hybridized carbons (Fsp3) is 0.324. The minimum absolute atomic E-state index is 0.487. The van der Waals surface area contributed by atoms with Gasteiger partial charge in [0.05, 0.1) is 5.69 Å². The molecule has 5 rings (SSSR count). The van der Waals surface area contributed by atoms with Crippen LogP contribution in [0.5, 0.6) is 0 Å². The van der Waals surface area contributed by atoms with Crippen LogP contribution in [0.25, 0.3) is 42.6 Å². The number of hydrogen-bond acceptors (Lipinski definition) is 2. The molecule has 0 aliphatic heterocycles. The van der Waals surface area contributed by atoms with E-state index in [1.165, 1.54) is 53.6 Å². The number of aromatic nitrogens is 1. The van der Waals surface area contributed by atoms with Gasteiger partial charge in [-0.15, -0.1) is 11.3 Å². The maximum Gasteiger partial charge on any atom is 0.0705 e. The lowest BCUT2D eigenvalue weighted by atomic mass is 9.85. The molecule has 2 heteroatoms. The highest BCUT2D eigenvalue weighted by Crippen LogP contribution is 2.41. The summed E-state index contributed by atoms with van der Waals surface area (Å²) in [7, 11) is 0. The Kier molecular flexibility index (Phi) is 6.74. The molecular weight excluding hydrogens is 454 g/mol. The average molecular weight is 492 g/mol. The molecule has 2 aromatic heterocycles. The molecule has 0 saturated carbocycles. The lowest BCUT2D eigenvalue weighted by Gasteiger charge is -2.20. The van der Waals surface area contributed by atoms with Gasteiger partial charge < -0.3 is 0 Å². The Hall–Kier alpha value is -2.97. The van der Waals surface area contributed by atoms with E-state index in [1.807, 2.05) is 17.5 Å². The van der Waals surface area contributed by atoms with Gasteiger partial charge in [-0.2, -0.15) is 0 Å². The molecule has 0 saturated heterocycles. The first-order chi connectivity index (χ1) is 17.2. The zero-order valence-electron chi connectivity index (χ0n) is 22.6. The van der Waals surface area contributed by atoms with Crippen molar-refractivity contribution in [3.63, 3.8) is 0 Å². The van der Waals surface area contributed by atoms with Crippen LogP contribution in [0.15, 0.2) is 72.9 Å². The lowest BCUT2D eigenvalue weighted by molar-refractivity contribution is 0.535. The quantitative estimate of drug-likeness (QED) is 0.230. The Morgan fingerprint density at radius 3 is 2.00 bits per heavy atom. The molecule has 184 valence electrons. The van der Waals surface area contributed by atoms with Gasteiger partial charge in [0.25, 0.3) is 0 Å². The smallest absolute Gasteiger partial charge is 0.0705 e. The molecular formula is C34H37NS. The fourth-order valence-electron chi connectivity index (χ4n) is 5.25. The molecule has 2 heterocycles. The summed E-state index contributed by atoms with van der Waals surface area (Å²) in [6.07, 6.45) is 1.96. The van der Waals surface area contributed by atoms with Crippen molar-refractivity contribution in [1.82, 2.24) is 4.98 Å². The van der Waals surface area contributed by atoms with Crippen molar-refractivity contribution in [2.75, 3.05) is 0 Å². The van der Waals surface area contributed by atoms with Crippen molar-refractivity contribution in [2.24, 2.45) is 5.92 Å². The number of nitrogens with zero attached hydrogens (tertiary/aromatic N) is 1. The molecule has 0 N–H and O–H groups in total. The van der Waals surface area contributed by atoms with Gasteiger partial charge in [-0.05, 0) is 81.8 Å². The van der Waals surface area contributed by atoms with E-state index >= 15 is 0 Å². The van der Waals surface area contributed by atoms with E-state index in [1.54, 1.807) is 0 Å². The van der Waals surface area contributed by atoms with Gasteiger partial charge in [-0.3, -0.25) is 4.98 Å². The van der Waals surface area contributed by atoms with Crippen LogP contribution in [0.1, 0.15) is 82.9 Å². The van der Waals surface area contributed by atoms with Gasteiger partial charge in [0, 0.05) is 31.9 Å². The van der Waals surface area contributed by atoms with Crippen molar-refractivity contribution in [2.45, 2.75) is 66.2 Å². The minimum Gasteiger partial charge on any atom is -0.256 e. The summed E-state index contributed by atoms with van der Waals surface area (Å²) in [5, 5.41) is 2.66. The van der Waals surface area contributed by atoms with E-state index in [2.05, 4.69) is 115 Å². The molecule has 0 aliphatic carbocycles. The monoisotopic (exact) mass is 491 g/mol. The van der Waals surface area contributed by atoms with Gasteiger partial charge in [0.1, 0.15) is 0 Å². The molecule has 0 amide bonds. The van der Waals surface area contributed by atoms with Crippen molar-refractivity contribution in [3.8, 4) is 22.4 Å². The predicted molar refractivity (Wildman–Crippen MR) is 159 cm³/mol. The molecule has 36 heavy (non-hydrogen) atoms. The summed E-state index contributed by atoms with van der Waals surface area (Å²) in [6, 6.07) is 25.2. The summed E-state index contributed by atoms with van der Waals surface area (Å²) in [5.74, 6) is 2.09. The number of rotatable bonds is 6. The number of thiophene rings is 1. The third kappa shape index (κ3) is 4.48. The van der Waals surface area contributed by atoms with Crippen molar-refractivity contribution in [3.05, 3.63) is 89.6 Å². The molecule has 0 bridgehead atoms. The zero-order valence-corrected chi connectivity index (χ0v) is 23.4. The summed E-state index contributed by atoms with van der Waals surface area (Å²) in [6.45, 7) is 16.1. The zero-order chi connectivity index (χ0) is 25.6. The molecule has 0 fully saturated rings. The van der Waals surface area contributed by atoms with E-state index in [-0.39, 0.29) is 0 Å². The Morgan fingerprint density at radius 2 is 1.33 bits per heavy atom. The van der Waals surface area contributed by atoms with E-state index < -0.39 is 0 Å². The number of pyridine rings is 1. The largest absolute Gasteiger partial charge is 0.256 e. The topological polar surface area (TPSA) is 12.9 Å². The number of hydrogen-bond donors (Lipinski definition) is 0. The van der Waals surface area contributed by atoms with Crippen LogP contribution in [0, 0.1) is 5.92 Å². The normalized spacial score (nSPS) is 12.9. The van der Waals surface area contributed by atoms with Gasteiger partial charge >= 0.3 is 0 Å². The van der Waals surface area contributed by atoms with Crippen LogP contribution in [0.2, 0.25) is 0 Å². The first-order valence-corrected chi connectivity index (χ1v) is 14.1. The van der Waals surface area contributed by atoms with Gasteiger partial charge in [-0.1, -0.05) is 84.9 Å². The first kappa shape index (κ1) is 24.7. The Bertz CT molecular complexity index is 1510. The second-order valence-electron chi connectivity index (χ2n) is 11.2. The molecule has 1 unspecified atom stereocenters. The van der Waals surface area contributed by atoms with E-state index in [4.69, 9.17) is 4.98 Å². The van der Waals surface area contributed by atoms with E-state index in [0.29, 0.717) is 23.7 Å². The maximum absolute atomic E-state index is 4.73. The second-order valence-corrected chi connectivity index (χ2v) is 12.2. The molecule has 1 atom stereocenters. The molecule has 0 radical (unpaired) electrons. The molecule has 3 aromatic carbocycles. The third-order valence-corrected chi connectivity index (χ3v) is 8.87. The Morgan fingerprint density at radius 1 is 0.639 bits per heavy atom. The molecule has 5 aromatic rings. The van der Waals surface area contributed by atoms with Crippen LogP contribution < -0.4 is 0 Å². The fourth-order valence-corrected chi connectivity index (χ4v) is 6.37. The van der Waals surface area contributed by atoms with Crippen LogP contribution in [-0.4, -0.2) is 4.98 Å². The van der Waals surface area contributed by atoms with Crippen molar-refractivity contribution < 1.29 is 0 Å². The van der Waals surface area contributed by atoms with Crippen LogP contribution in [0.4, 0.5) is 0 Å². The highest BCUT2D eigenvalue weighted by molar-refractivity contribution is 7.25. The third-order valence-electron chi connectivity index (χ3n) is 7.74. The Balaban J connectivity index is 1.62. The number of benzene rings is 3. The van der Waals surface area contributed by atoms with Crippen LogP contribution >= 0.6 is 11.3 Å². The predicted octanol–water partition coefficient (Wildman–Crippen LogP) is 10.8. The average Bonchev–Trinajstić information content (AvgIpc) is 3.24. The highest BCUT2D eigenvalue weighted by atomic mass is 32.1. The van der Waals surface area contributed by atoms with Crippen molar-refractivity contribution >= 4 is 31.5 Å². The SMILES string of the molecule is CC(C)c1cccc(C(C)C)c1-c1ccc2c(c1)sc1ccc(-c3cc(C(C)C(C)C)ccn3)cc12. The standard InChI is InChI=1S/C34H37NS/c1-20(2)23(7)24-15-16-35-31(18-24)25-12-14-32-30(17-25)29-13-11-26(19-33(29)36-32)34-27(21(3)4)9-8-10-28(34)22(5)6/h8-23H,1-7H3. The lowest BCUT2D eigenvalue weighted by Crippen LogP contribution is -2.02. The van der Waals surface area contributed by atoms with E-state index in [0.717, 1.165) is 5.69 Å². The van der Waals surface area contributed by atoms with Crippen LogP contribution in [0.3, 0.4) is 0 Å².